The predicted octanol–water partition coefficient (Wildman–Crippen LogP) is -0.122. The van der Waals surface area contributed by atoms with Gasteiger partial charge in [0.15, 0.2) is 0 Å². The summed E-state index contributed by atoms with van der Waals surface area (Å²) in [5.41, 5.74) is 0.702. The molecule has 0 saturated heterocycles. The van der Waals surface area contributed by atoms with E-state index in [9.17, 15) is 13.5 Å². The van der Waals surface area contributed by atoms with Crippen molar-refractivity contribution in [3.05, 3.63) is 11.6 Å². The Morgan fingerprint density at radius 2 is 2.13 bits per heavy atom. The van der Waals surface area contributed by atoms with Crippen LogP contribution >= 0.6 is 0 Å². The molecule has 0 aromatic carbocycles. The van der Waals surface area contributed by atoms with E-state index in [0.29, 0.717) is 5.57 Å². The van der Waals surface area contributed by atoms with Crippen molar-refractivity contribution in [2.45, 2.75) is 26.0 Å². The number of rotatable bonds is 6. The molecule has 0 aliphatic rings. The highest BCUT2D eigenvalue weighted by Gasteiger charge is 2.23. The molecule has 0 aliphatic carbocycles. The van der Waals surface area contributed by atoms with Crippen LogP contribution in [0, 0.1) is 0 Å². The SMILES string of the molecule is C/C=C(\C)C(O)C(COC)NS(C)(=O)=O. The molecule has 6 heteroatoms. The summed E-state index contributed by atoms with van der Waals surface area (Å²) in [6, 6.07) is -0.652. The van der Waals surface area contributed by atoms with Gasteiger partial charge in [-0.3, -0.25) is 0 Å². The number of aliphatic hydroxyl groups is 1. The van der Waals surface area contributed by atoms with Gasteiger partial charge >= 0.3 is 0 Å². The van der Waals surface area contributed by atoms with E-state index >= 15 is 0 Å². The van der Waals surface area contributed by atoms with Crippen molar-refractivity contribution in [3.8, 4) is 0 Å². The van der Waals surface area contributed by atoms with E-state index in [-0.39, 0.29) is 6.61 Å². The Kier molecular flexibility index (Phi) is 6.04. The van der Waals surface area contributed by atoms with Crippen LogP contribution in [-0.4, -0.2) is 45.6 Å². The lowest BCUT2D eigenvalue weighted by molar-refractivity contribution is 0.100. The zero-order chi connectivity index (χ0) is 12.1. The minimum absolute atomic E-state index is 0.124. The molecule has 0 aliphatic heterocycles. The molecule has 0 bridgehead atoms. The minimum atomic E-state index is -3.35. The predicted molar refractivity (Wildman–Crippen MR) is 59.1 cm³/mol. The molecular weight excluding hydrogens is 218 g/mol. The summed E-state index contributed by atoms with van der Waals surface area (Å²) in [5, 5.41) is 9.80. The van der Waals surface area contributed by atoms with Crippen LogP contribution in [0.3, 0.4) is 0 Å². The average molecular weight is 237 g/mol. The van der Waals surface area contributed by atoms with E-state index in [1.54, 1.807) is 19.9 Å². The Hall–Kier alpha value is -0.430. The van der Waals surface area contributed by atoms with Gasteiger partial charge in [-0.2, -0.15) is 0 Å². The van der Waals surface area contributed by atoms with Gasteiger partial charge in [-0.1, -0.05) is 6.08 Å². The van der Waals surface area contributed by atoms with Crippen LogP contribution in [0.4, 0.5) is 0 Å². The summed E-state index contributed by atoms with van der Waals surface area (Å²) < 4.78 is 29.2. The highest BCUT2D eigenvalue weighted by molar-refractivity contribution is 7.88. The lowest BCUT2D eigenvalue weighted by Crippen LogP contribution is -2.46. The van der Waals surface area contributed by atoms with Gasteiger partial charge in [0.25, 0.3) is 0 Å². The Bertz CT molecular complexity index is 310. The fraction of sp³-hybridized carbons (Fsp3) is 0.778. The Labute approximate surface area is 91.2 Å². The van der Waals surface area contributed by atoms with Crippen LogP contribution in [0.1, 0.15) is 13.8 Å². The van der Waals surface area contributed by atoms with Crippen molar-refractivity contribution in [1.29, 1.82) is 0 Å². The highest BCUT2D eigenvalue weighted by atomic mass is 32.2. The molecule has 0 saturated carbocycles. The lowest BCUT2D eigenvalue weighted by atomic mass is 10.1. The quantitative estimate of drug-likeness (QED) is 0.631. The van der Waals surface area contributed by atoms with Crippen molar-refractivity contribution in [3.63, 3.8) is 0 Å². The highest BCUT2D eigenvalue weighted by Crippen LogP contribution is 2.07. The normalized spacial score (nSPS) is 17.5. The van der Waals surface area contributed by atoms with Gasteiger partial charge in [0.05, 0.1) is 25.0 Å². The zero-order valence-electron chi connectivity index (χ0n) is 9.52. The third-order valence-electron chi connectivity index (χ3n) is 2.01. The number of hydrogen-bond acceptors (Lipinski definition) is 4. The van der Waals surface area contributed by atoms with E-state index in [1.165, 1.54) is 7.11 Å². The molecule has 0 rings (SSSR count). The number of allylic oxidation sites excluding steroid dienone is 1. The van der Waals surface area contributed by atoms with E-state index < -0.39 is 22.2 Å². The third kappa shape index (κ3) is 5.88. The molecule has 90 valence electrons. The molecule has 0 aromatic heterocycles. The van der Waals surface area contributed by atoms with E-state index in [1.807, 2.05) is 0 Å². The van der Waals surface area contributed by atoms with Crippen molar-refractivity contribution in [2.75, 3.05) is 20.0 Å². The molecule has 15 heavy (non-hydrogen) atoms. The van der Waals surface area contributed by atoms with Crippen molar-refractivity contribution >= 4 is 10.0 Å². The first-order valence-electron chi connectivity index (χ1n) is 4.59. The Morgan fingerprint density at radius 3 is 2.47 bits per heavy atom. The number of nitrogens with one attached hydrogen (secondary N) is 1. The zero-order valence-corrected chi connectivity index (χ0v) is 10.3. The van der Waals surface area contributed by atoms with Crippen LogP contribution in [0.2, 0.25) is 0 Å². The minimum Gasteiger partial charge on any atom is -0.387 e. The third-order valence-corrected chi connectivity index (χ3v) is 2.75. The first kappa shape index (κ1) is 14.6. The molecule has 0 fully saturated rings. The van der Waals surface area contributed by atoms with Gasteiger partial charge in [-0.25, -0.2) is 13.1 Å². The average Bonchev–Trinajstić information content (AvgIpc) is 2.13. The maximum atomic E-state index is 11.0. The maximum Gasteiger partial charge on any atom is 0.209 e. The summed E-state index contributed by atoms with van der Waals surface area (Å²) >= 11 is 0. The molecule has 2 unspecified atom stereocenters. The van der Waals surface area contributed by atoms with E-state index in [0.717, 1.165) is 6.26 Å². The summed E-state index contributed by atoms with van der Waals surface area (Å²) in [5.74, 6) is 0. The Morgan fingerprint density at radius 1 is 1.60 bits per heavy atom. The molecule has 0 spiro atoms. The number of hydrogen-bond donors (Lipinski definition) is 2. The second kappa shape index (κ2) is 6.22. The molecule has 0 heterocycles. The number of sulfonamides is 1. The molecular formula is C9H19NO4S. The van der Waals surface area contributed by atoms with Gasteiger partial charge in [0, 0.05) is 7.11 Å². The van der Waals surface area contributed by atoms with Gasteiger partial charge in [0.1, 0.15) is 0 Å². The molecule has 0 amide bonds. The summed E-state index contributed by atoms with van der Waals surface area (Å²) in [7, 11) is -1.90. The second-order valence-corrected chi connectivity index (χ2v) is 5.21. The molecule has 0 aromatic rings. The van der Waals surface area contributed by atoms with Gasteiger partial charge < -0.3 is 9.84 Å². The van der Waals surface area contributed by atoms with Crippen molar-refractivity contribution in [2.24, 2.45) is 0 Å². The first-order valence-corrected chi connectivity index (χ1v) is 6.48. The number of ether oxygens (including phenoxy) is 1. The van der Waals surface area contributed by atoms with Crippen LogP contribution in [0.25, 0.3) is 0 Å². The fourth-order valence-corrected chi connectivity index (χ4v) is 1.88. The van der Waals surface area contributed by atoms with E-state index in [2.05, 4.69) is 4.72 Å². The van der Waals surface area contributed by atoms with Gasteiger partial charge in [-0.15, -0.1) is 0 Å². The topological polar surface area (TPSA) is 75.6 Å². The molecule has 2 atom stereocenters. The van der Waals surface area contributed by atoms with Crippen LogP contribution in [-0.2, 0) is 14.8 Å². The molecule has 5 nitrogen and oxygen atoms in total. The monoisotopic (exact) mass is 237 g/mol. The van der Waals surface area contributed by atoms with Gasteiger partial charge in [-0.05, 0) is 19.4 Å². The van der Waals surface area contributed by atoms with Crippen molar-refractivity contribution < 1.29 is 18.3 Å². The lowest BCUT2D eigenvalue weighted by Gasteiger charge is -2.23. The summed E-state index contributed by atoms with van der Waals surface area (Å²) in [4.78, 5) is 0. The second-order valence-electron chi connectivity index (χ2n) is 3.43. The van der Waals surface area contributed by atoms with E-state index in [4.69, 9.17) is 4.74 Å². The largest absolute Gasteiger partial charge is 0.387 e. The van der Waals surface area contributed by atoms with Crippen LogP contribution in [0.5, 0.6) is 0 Å². The number of aliphatic hydroxyl groups excluding tert-OH is 1. The number of methoxy groups -OCH3 is 1. The summed E-state index contributed by atoms with van der Waals surface area (Å²) in [6.07, 6.45) is 1.91. The fourth-order valence-electron chi connectivity index (χ4n) is 1.13. The summed E-state index contributed by atoms with van der Waals surface area (Å²) in [6.45, 7) is 3.64. The van der Waals surface area contributed by atoms with Gasteiger partial charge in [0.2, 0.25) is 10.0 Å². The van der Waals surface area contributed by atoms with Crippen LogP contribution < -0.4 is 4.72 Å². The Balaban J connectivity index is 4.66. The smallest absolute Gasteiger partial charge is 0.209 e. The van der Waals surface area contributed by atoms with Crippen LogP contribution in [0.15, 0.2) is 11.6 Å². The molecule has 0 radical (unpaired) electrons. The standard InChI is InChI=1S/C9H19NO4S/c1-5-7(2)9(11)8(6-14-3)10-15(4,12)13/h5,8-11H,6H2,1-4H3/b7-5+. The maximum absolute atomic E-state index is 11.0. The first-order chi connectivity index (χ1) is 6.81. The van der Waals surface area contributed by atoms with Crippen molar-refractivity contribution in [1.82, 2.24) is 4.72 Å². The molecule has 2 N–H and O–H groups in total.